The van der Waals surface area contributed by atoms with E-state index in [4.69, 9.17) is 14.2 Å². The molecule has 0 radical (unpaired) electrons. The molecule has 4 heterocycles. The quantitative estimate of drug-likeness (QED) is 0.335. The highest BCUT2D eigenvalue weighted by atomic mass is 32.2. The van der Waals surface area contributed by atoms with Gasteiger partial charge in [0.1, 0.15) is 6.17 Å². The summed E-state index contributed by atoms with van der Waals surface area (Å²) in [5, 5.41) is 1.71. The average Bonchev–Trinajstić information content (AvgIpc) is 3.11. The molecule has 1 amide bonds. The van der Waals surface area contributed by atoms with Crippen molar-refractivity contribution in [3.05, 3.63) is 92.9 Å². The number of hydrogen-bond acceptors (Lipinski definition) is 9. The van der Waals surface area contributed by atoms with Crippen LogP contribution in [0.5, 0.6) is 5.75 Å². The molecule has 3 atom stereocenters. The highest BCUT2D eigenvalue weighted by molar-refractivity contribution is 7.84. The number of benzene rings is 2. The van der Waals surface area contributed by atoms with Crippen LogP contribution in [0.25, 0.3) is 0 Å². The van der Waals surface area contributed by atoms with Gasteiger partial charge in [-0.2, -0.15) is 0 Å². The van der Waals surface area contributed by atoms with E-state index in [-0.39, 0.29) is 42.5 Å². The first-order chi connectivity index (χ1) is 19.8. The summed E-state index contributed by atoms with van der Waals surface area (Å²) >= 11 is 0. The Kier molecular flexibility index (Phi) is 6.95. The molecule has 3 aromatic rings. The summed E-state index contributed by atoms with van der Waals surface area (Å²) in [5.41, 5.74) is -0.00760. The van der Waals surface area contributed by atoms with Crippen molar-refractivity contribution in [3.63, 3.8) is 0 Å². The van der Waals surface area contributed by atoms with E-state index >= 15 is 4.39 Å². The van der Waals surface area contributed by atoms with Crippen LogP contribution in [-0.2, 0) is 30.8 Å². The van der Waals surface area contributed by atoms with Crippen molar-refractivity contribution in [3.8, 4) is 5.75 Å². The summed E-state index contributed by atoms with van der Waals surface area (Å²) in [4.78, 5) is 40.1. The van der Waals surface area contributed by atoms with Gasteiger partial charge in [0.15, 0.2) is 17.3 Å². The fourth-order valence-corrected chi connectivity index (χ4v) is 6.82. The van der Waals surface area contributed by atoms with Crippen LogP contribution in [-0.4, -0.2) is 65.7 Å². The molecule has 0 bridgehead atoms. The Bertz CT molecular complexity index is 1650. The first-order valence-electron chi connectivity index (χ1n) is 12.5. The van der Waals surface area contributed by atoms with Gasteiger partial charge in [0.2, 0.25) is 18.0 Å². The van der Waals surface area contributed by atoms with E-state index in [9.17, 15) is 23.0 Å². The number of ether oxygens (including phenoxy) is 4. The smallest absolute Gasteiger partial charge is 0.451 e. The van der Waals surface area contributed by atoms with Gasteiger partial charge in [-0.1, -0.05) is 24.3 Å². The third-order valence-corrected chi connectivity index (χ3v) is 8.64. The summed E-state index contributed by atoms with van der Waals surface area (Å²) in [6.07, 6.45) is -0.430. The number of morpholine rings is 1. The van der Waals surface area contributed by atoms with Gasteiger partial charge in [-0.25, -0.2) is 13.6 Å². The third-order valence-electron chi connectivity index (χ3n) is 7.23. The Morgan fingerprint density at radius 2 is 1.93 bits per heavy atom. The first kappa shape index (κ1) is 26.9. The normalized spacial score (nSPS) is 21.1. The molecule has 1 saturated heterocycles. The van der Waals surface area contributed by atoms with E-state index < -0.39 is 58.9 Å². The topological polar surface area (TPSA) is 117 Å². The molecular formula is C27H23F2N3O8S. The van der Waals surface area contributed by atoms with E-state index in [2.05, 4.69) is 4.74 Å². The number of methoxy groups -OCH3 is 1. The molecule has 0 spiro atoms. The van der Waals surface area contributed by atoms with Crippen LogP contribution in [0.15, 0.2) is 58.4 Å². The molecular weight excluding hydrogens is 564 g/mol. The lowest BCUT2D eigenvalue weighted by molar-refractivity contribution is -0.0209. The summed E-state index contributed by atoms with van der Waals surface area (Å²) in [7, 11) is -0.617. The minimum atomic E-state index is -1.72. The van der Waals surface area contributed by atoms with Gasteiger partial charge in [-0.15, -0.1) is 0 Å². The Labute approximate surface area is 234 Å². The lowest BCUT2D eigenvalue weighted by atomic mass is 9.93. The Hall–Kier alpha value is -4.30. The minimum absolute atomic E-state index is 0.0553. The fraction of sp³-hybridized carbons (Fsp3) is 0.296. The molecule has 0 saturated carbocycles. The van der Waals surface area contributed by atoms with Crippen molar-refractivity contribution in [2.75, 3.05) is 38.7 Å². The molecule has 0 N–H and O–H groups in total. The zero-order valence-corrected chi connectivity index (χ0v) is 22.4. The van der Waals surface area contributed by atoms with Crippen LogP contribution in [0, 0.1) is 11.6 Å². The number of amides is 1. The van der Waals surface area contributed by atoms with Crippen LogP contribution < -0.4 is 15.2 Å². The van der Waals surface area contributed by atoms with Crippen LogP contribution >= 0.6 is 0 Å². The molecule has 14 heteroatoms. The summed E-state index contributed by atoms with van der Waals surface area (Å²) in [5.74, 6) is -3.38. The molecule has 41 heavy (non-hydrogen) atoms. The lowest BCUT2D eigenvalue weighted by Gasteiger charge is -2.51. The predicted octanol–water partition coefficient (Wildman–Crippen LogP) is 2.41. The highest BCUT2D eigenvalue weighted by Gasteiger charge is 2.46. The molecule has 2 aromatic carbocycles. The molecule has 11 nitrogen and oxygen atoms in total. The van der Waals surface area contributed by atoms with E-state index in [1.54, 1.807) is 29.3 Å². The van der Waals surface area contributed by atoms with Crippen LogP contribution in [0.2, 0.25) is 0 Å². The van der Waals surface area contributed by atoms with Crippen molar-refractivity contribution >= 4 is 22.9 Å². The molecule has 1 aromatic heterocycles. The second-order valence-corrected chi connectivity index (χ2v) is 10.8. The number of aromatic nitrogens is 1. The molecule has 214 valence electrons. The van der Waals surface area contributed by atoms with Gasteiger partial charge in [-0.05, 0) is 23.3 Å². The van der Waals surface area contributed by atoms with E-state index in [0.717, 1.165) is 13.2 Å². The monoisotopic (exact) mass is 587 g/mol. The first-order valence-corrected chi connectivity index (χ1v) is 13.8. The molecule has 0 aliphatic carbocycles. The van der Waals surface area contributed by atoms with E-state index in [0.29, 0.717) is 16.0 Å². The maximum absolute atomic E-state index is 15.3. The number of fused-ring (bicyclic) bond motifs is 4. The maximum Gasteiger partial charge on any atom is 0.510 e. The molecule has 3 aliphatic rings. The Morgan fingerprint density at radius 3 is 2.73 bits per heavy atom. The van der Waals surface area contributed by atoms with Gasteiger partial charge in [-0.3, -0.25) is 23.5 Å². The van der Waals surface area contributed by atoms with Gasteiger partial charge in [0.25, 0.3) is 5.91 Å². The Morgan fingerprint density at radius 1 is 1.12 bits per heavy atom. The summed E-state index contributed by atoms with van der Waals surface area (Å²) in [6.45, 7) is -0.278. The van der Waals surface area contributed by atoms with Gasteiger partial charge >= 0.3 is 6.16 Å². The van der Waals surface area contributed by atoms with E-state index in [1.165, 1.54) is 27.9 Å². The second kappa shape index (κ2) is 10.6. The largest absolute Gasteiger partial charge is 0.510 e. The SMILES string of the molecule is COC(=O)OCOc1c2n(ccc1=O)N([C@@H]1c3ccccc3S(=O)Cc3c1ccc(F)c3F)[C@@H]1COCCN1C2=O. The predicted molar refractivity (Wildman–Crippen MR) is 138 cm³/mol. The molecule has 6 rings (SSSR count). The third kappa shape index (κ3) is 4.43. The number of nitrogens with zero attached hydrogens (tertiary/aromatic N) is 3. The van der Waals surface area contributed by atoms with Gasteiger partial charge in [0.05, 0.1) is 42.9 Å². The lowest BCUT2D eigenvalue weighted by Crippen LogP contribution is -2.66. The van der Waals surface area contributed by atoms with Crippen molar-refractivity contribution < 1.29 is 41.5 Å². The van der Waals surface area contributed by atoms with Crippen LogP contribution in [0.4, 0.5) is 13.6 Å². The maximum atomic E-state index is 15.3. The van der Waals surface area contributed by atoms with Crippen molar-refractivity contribution in [1.82, 2.24) is 9.58 Å². The standard InChI is InChI=1S/C27H23F2N3O8S/c1-37-27(35)40-14-39-25-19(33)8-9-31-24(25)26(34)30-10-11-38-12-21(30)32(31)23-15-6-7-18(28)22(29)17(15)13-41(36)20-5-3-2-4-16(20)23/h2-9,21,23H,10-14H2,1H3/t21-,23+,41?/m1/s1. The molecule has 1 fully saturated rings. The zero-order chi connectivity index (χ0) is 28.8. The van der Waals surface area contributed by atoms with Gasteiger partial charge < -0.3 is 23.8 Å². The minimum Gasteiger partial charge on any atom is -0.451 e. The van der Waals surface area contributed by atoms with Crippen molar-refractivity contribution in [2.24, 2.45) is 0 Å². The Balaban J connectivity index is 1.60. The summed E-state index contributed by atoms with van der Waals surface area (Å²) in [6, 6.07) is 9.56. The fourth-order valence-electron chi connectivity index (χ4n) is 5.44. The summed E-state index contributed by atoms with van der Waals surface area (Å²) < 4.78 is 65.0. The number of carbonyl (C=O) groups excluding carboxylic acids is 2. The molecule has 1 unspecified atom stereocenters. The number of carbonyl (C=O) groups is 2. The van der Waals surface area contributed by atoms with Crippen LogP contribution in [0.3, 0.4) is 0 Å². The van der Waals surface area contributed by atoms with Crippen molar-refractivity contribution in [2.45, 2.75) is 22.9 Å². The molecule has 3 aliphatic heterocycles. The number of halogens is 2. The van der Waals surface area contributed by atoms with Gasteiger partial charge in [0, 0.05) is 29.3 Å². The number of rotatable bonds is 4. The number of pyridine rings is 1. The van der Waals surface area contributed by atoms with Crippen molar-refractivity contribution in [1.29, 1.82) is 0 Å². The van der Waals surface area contributed by atoms with E-state index in [1.807, 2.05) is 0 Å². The highest BCUT2D eigenvalue weighted by Crippen LogP contribution is 2.42. The van der Waals surface area contributed by atoms with Crippen LogP contribution in [0.1, 0.15) is 33.2 Å². The second-order valence-electron chi connectivity index (χ2n) is 9.36. The zero-order valence-electron chi connectivity index (χ0n) is 21.6. The average molecular weight is 588 g/mol. The number of hydrogen-bond donors (Lipinski definition) is 0.